The summed E-state index contributed by atoms with van der Waals surface area (Å²) in [6.07, 6.45) is 3.06. The third-order valence-electron chi connectivity index (χ3n) is 4.36. The minimum Gasteiger partial charge on any atom is -0.394 e. The number of aliphatic hydroxyl groups excluding tert-OH is 1. The van der Waals surface area contributed by atoms with E-state index in [1.807, 2.05) is 0 Å². The van der Waals surface area contributed by atoms with Gasteiger partial charge in [0.1, 0.15) is 0 Å². The zero-order chi connectivity index (χ0) is 15.7. The molecule has 0 saturated carbocycles. The lowest BCUT2D eigenvalue weighted by Crippen LogP contribution is -2.48. The molecule has 120 valence electrons. The van der Waals surface area contributed by atoms with Crippen LogP contribution in [0, 0.1) is 6.92 Å². The second-order valence-corrected chi connectivity index (χ2v) is 5.84. The van der Waals surface area contributed by atoms with Crippen molar-refractivity contribution in [2.45, 2.75) is 52.5 Å². The SMILES string of the molecule is CCNC(CC)(CO)CCCN(CC)c1cccc(C)c1. The van der Waals surface area contributed by atoms with Crippen molar-refractivity contribution in [2.75, 3.05) is 31.1 Å². The Morgan fingerprint density at radius 3 is 2.52 bits per heavy atom. The molecule has 1 rings (SSSR count). The Kier molecular flexibility index (Phi) is 7.76. The second-order valence-electron chi connectivity index (χ2n) is 5.84. The third-order valence-corrected chi connectivity index (χ3v) is 4.36. The quantitative estimate of drug-likeness (QED) is 0.694. The molecule has 0 amide bonds. The molecule has 1 aromatic rings. The smallest absolute Gasteiger partial charge is 0.0613 e. The van der Waals surface area contributed by atoms with Gasteiger partial charge in [-0.25, -0.2) is 0 Å². The van der Waals surface area contributed by atoms with E-state index in [-0.39, 0.29) is 12.1 Å². The topological polar surface area (TPSA) is 35.5 Å². The first-order valence-electron chi connectivity index (χ1n) is 8.28. The van der Waals surface area contributed by atoms with Gasteiger partial charge in [-0.1, -0.05) is 26.0 Å². The molecule has 1 unspecified atom stereocenters. The lowest BCUT2D eigenvalue weighted by atomic mass is 9.91. The van der Waals surface area contributed by atoms with Crippen LogP contribution in [0.2, 0.25) is 0 Å². The fourth-order valence-electron chi connectivity index (χ4n) is 2.91. The van der Waals surface area contributed by atoms with Crippen molar-refractivity contribution in [3.8, 4) is 0 Å². The van der Waals surface area contributed by atoms with Crippen molar-refractivity contribution in [3.05, 3.63) is 29.8 Å². The van der Waals surface area contributed by atoms with Crippen LogP contribution in [0.5, 0.6) is 0 Å². The van der Waals surface area contributed by atoms with Gasteiger partial charge >= 0.3 is 0 Å². The Labute approximate surface area is 130 Å². The zero-order valence-corrected chi connectivity index (χ0v) is 14.2. The van der Waals surface area contributed by atoms with E-state index in [0.29, 0.717) is 0 Å². The normalized spacial score (nSPS) is 14.0. The predicted octanol–water partition coefficient (Wildman–Crippen LogP) is 3.35. The number of anilines is 1. The zero-order valence-electron chi connectivity index (χ0n) is 14.2. The average molecular weight is 292 g/mol. The van der Waals surface area contributed by atoms with E-state index in [1.165, 1.54) is 11.3 Å². The summed E-state index contributed by atoms with van der Waals surface area (Å²) in [5.41, 5.74) is 2.49. The van der Waals surface area contributed by atoms with Gasteiger partial charge in [0.15, 0.2) is 0 Å². The summed E-state index contributed by atoms with van der Waals surface area (Å²) in [6, 6.07) is 8.68. The summed E-state index contributed by atoms with van der Waals surface area (Å²) in [5, 5.41) is 13.2. The van der Waals surface area contributed by atoms with E-state index in [0.717, 1.165) is 38.9 Å². The van der Waals surface area contributed by atoms with Crippen molar-refractivity contribution in [2.24, 2.45) is 0 Å². The monoisotopic (exact) mass is 292 g/mol. The van der Waals surface area contributed by atoms with Crippen LogP contribution in [0.3, 0.4) is 0 Å². The minimum absolute atomic E-state index is 0.110. The van der Waals surface area contributed by atoms with Crippen molar-refractivity contribution >= 4 is 5.69 Å². The van der Waals surface area contributed by atoms with Crippen LogP contribution in [0.15, 0.2) is 24.3 Å². The van der Waals surface area contributed by atoms with Gasteiger partial charge < -0.3 is 15.3 Å². The van der Waals surface area contributed by atoms with E-state index in [4.69, 9.17) is 0 Å². The van der Waals surface area contributed by atoms with Gasteiger partial charge in [0.2, 0.25) is 0 Å². The van der Waals surface area contributed by atoms with Crippen LogP contribution in [0.4, 0.5) is 5.69 Å². The number of nitrogens with zero attached hydrogens (tertiary/aromatic N) is 1. The van der Waals surface area contributed by atoms with Crippen molar-refractivity contribution in [3.63, 3.8) is 0 Å². The number of nitrogens with one attached hydrogen (secondary N) is 1. The summed E-state index contributed by atoms with van der Waals surface area (Å²) < 4.78 is 0. The molecule has 0 aliphatic carbocycles. The highest BCUT2D eigenvalue weighted by Gasteiger charge is 2.25. The first kappa shape index (κ1) is 18.0. The highest BCUT2D eigenvalue weighted by atomic mass is 16.3. The second kappa shape index (κ2) is 9.06. The minimum atomic E-state index is -0.110. The largest absolute Gasteiger partial charge is 0.394 e. The molecule has 0 heterocycles. The lowest BCUT2D eigenvalue weighted by Gasteiger charge is -2.33. The molecule has 21 heavy (non-hydrogen) atoms. The molecule has 0 saturated heterocycles. The maximum atomic E-state index is 9.71. The van der Waals surface area contributed by atoms with Crippen LogP contribution in [-0.2, 0) is 0 Å². The number of rotatable bonds is 10. The number of hydrogen-bond acceptors (Lipinski definition) is 3. The third kappa shape index (κ3) is 5.33. The fraction of sp³-hybridized carbons (Fsp3) is 0.667. The van der Waals surface area contributed by atoms with Gasteiger partial charge in [-0.3, -0.25) is 0 Å². The molecule has 0 fully saturated rings. The fourth-order valence-corrected chi connectivity index (χ4v) is 2.91. The molecule has 0 bridgehead atoms. The van der Waals surface area contributed by atoms with E-state index in [1.54, 1.807) is 0 Å². The van der Waals surface area contributed by atoms with E-state index >= 15 is 0 Å². The van der Waals surface area contributed by atoms with E-state index < -0.39 is 0 Å². The summed E-state index contributed by atoms with van der Waals surface area (Å²) in [6.45, 7) is 11.8. The highest BCUT2D eigenvalue weighted by molar-refractivity contribution is 5.48. The predicted molar refractivity (Wildman–Crippen MR) is 92.1 cm³/mol. The molecular formula is C18H32N2O. The number of benzene rings is 1. The Bertz CT molecular complexity index is 402. The Balaban J connectivity index is 2.59. The summed E-state index contributed by atoms with van der Waals surface area (Å²) in [7, 11) is 0. The number of hydrogen-bond donors (Lipinski definition) is 2. The number of aliphatic hydroxyl groups is 1. The molecule has 3 nitrogen and oxygen atoms in total. The average Bonchev–Trinajstić information content (AvgIpc) is 2.50. The first-order valence-corrected chi connectivity index (χ1v) is 8.28. The summed E-state index contributed by atoms with van der Waals surface area (Å²) >= 11 is 0. The molecule has 0 aliphatic rings. The Hall–Kier alpha value is -1.06. The Morgan fingerprint density at radius 2 is 2.00 bits per heavy atom. The number of likely N-dealkylation sites (N-methyl/N-ethyl adjacent to an activating group) is 1. The van der Waals surface area contributed by atoms with Crippen molar-refractivity contribution in [1.29, 1.82) is 0 Å². The molecule has 3 heteroatoms. The van der Waals surface area contributed by atoms with E-state index in [2.05, 4.69) is 62.2 Å². The highest BCUT2D eigenvalue weighted by Crippen LogP contribution is 2.20. The van der Waals surface area contributed by atoms with Crippen LogP contribution in [0.25, 0.3) is 0 Å². The summed E-state index contributed by atoms with van der Waals surface area (Å²) in [4.78, 5) is 2.41. The number of aryl methyl sites for hydroxylation is 1. The van der Waals surface area contributed by atoms with Gasteiger partial charge in [-0.05, 0) is 57.4 Å². The van der Waals surface area contributed by atoms with Crippen LogP contribution in [0.1, 0.15) is 45.6 Å². The summed E-state index contributed by atoms with van der Waals surface area (Å²) in [5.74, 6) is 0. The van der Waals surface area contributed by atoms with Crippen LogP contribution in [-0.4, -0.2) is 36.9 Å². The van der Waals surface area contributed by atoms with Gasteiger partial charge in [-0.15, -0.1) is 0 Å². The van der Waals surface area contributed by atoms with E-state index in [9.17, 15) is 5.11 Å². The Morgan fingerprint density at radius 1 is 1.24 bits per heavy atom. The molecule has 1 aromatic carbocycles. The maximum Gasteiger partial charge on any atom is 0.0613 e. The van der Waals surface area contributed by atoms with Crippen LogP contribution >= 0.6 is 0 Å². The van der Waals surface area contributed by atoms with Gasteiger partial charge in [0, 0.05) is 24.3 Å². The van der Waals surface area contributed by atoms with Crippen LogP contribution < -0.4 is 10.2 Å². The molecule has 0 radical (unpaired) electrons. The van der Waals surface area contributed by atoms with Gasteiger partial charge in [-0.2, -0.15) is 0 Å². The van der Waals surface area contributed by atoms with Gasteiger partial charge in [0.05, 0.1) is 6.61 Å². The van der Waals surface area contributed by atoms with Gasteiger partial charge in [0.25, 0.3) is 0 Å². The maximum absolute atomic E-state index is 9.71. The molecule has 1 atom stereocenters. The molecule has 2 N–H and O–H groups in total. The lowest BCUT2D eigenvalue weighted by molar-refractivity contribution is 0.147. The molecular weight excluding hydrogens is 260 g/mol. The standard InChI is InChI=1S/C18H32N2O/c1-5-18(15-21,19-6-2)12-9-13-20(7-3)17-11-8-10-16(4)14-17/h8,10-11,14,19,21H,5-7,9,12-13,15H2,1-4H3. The first-order chi connectivity index (χ1) is 10.1. The molecule has 0 spiro atoms. The van der Waals surface area contributed by atoms with Crippen molar-refractivity contribution < 1.29 is 5.11 Å². The molecule has 0 aromatic heterocycles. The van der Waals surface area contributed by atoms with Crippen molar-refractivity contribution in [1.82, 2.24) is 5.32 Å². The molecule has 0 aliphatic heterocycles.